The maximum atomic E-state index is 13.2. The first-order chi connectivity index (χ1) is 19.3. The summed E-state index contributed by atoms with van der Waals surface area (Å²) in [5.74, 6) is -0.792. The zero-order valence-corrected chi connectivity index (χ0v) is 24.1. The molecule has 0 radical (unpaired) electrons. The maximum Gasteiger partial charge on any atom is 0.324 e. The molecule has 3 aromatic carbocycles. The standard InChI is InChI=1S/C30H33N5O5S/c1-18-12-13-20(14-22(18)28(37)31-24-16-41(39,40)17-25(24)36)35-27(15-26(34-35)30(2,3)4)33-29(38)32-23-11-7-9-19-8-5-6-10-21(19)23/h5-15,24-25,36H,16-17H2,1-4H3,(H,31,37)(H2,32,33,38)/t24-,25-/m1/s1. The number of hydrogen-bond acceptors (Lipinski definition) is 6. The Balaban J connectivity index is 1.44. The van der Waals surface area contributed by atoms with Crippen LogP contribution in [0.4, 0.5) is 16.3 Å². The summed E-state index contributed by atoms with van der Waals surface area (Å²) in [5.41, 5.74) is 2.54. The highest BCUT2D eigenvalue weighted by Crippen LogP contribution is 2.28. The Morgan fingerprint density at radius 2 is 1.71 bits per heavy atom. The van der Waals surface area contributed by atoms with Gasteiger partial charge < -0.3 is 15.7 Å². The van der Waals surface area contributed by atoms with Crippen LogP contribution < -0.4 is 16.0 Å². The molecule has 1 saturated heterocycles. The van der Waals surface area contributed by atoms with Crippen LogP contribution in [0.1, 0.15) is 42.4 Å². The van der Waals surface area contributed by atoms with Gasteiger partial charge >= 0.3 is 6.03 Å². The molecule has 41 heavy (non-hydrogen) atoms. The van der Waals surface area contributed by atoms with Crippen molar-refractivity contribution < 1.29 is 23.1 Å². The predicted molar refractivity (Wildman–Crippen MR) is 160 cm³/mol. The van der Waals surface area contributed by atoms with Gasteiger partial charge in [0.2, 0.25) is 0 Å². The summed E-state index contributed by atoms with van der Waals surface area (Å²) in [6.07, 6.45) is -1.16. The van der Waals surface area contributed by atoms with Gasteiger partial charge in [0.05, 0.1) is 40.7 Å². The van der Waals surface area contributed by atoms with Crippen molar-refractivity contribution in [2.24, 2.45) is 0 Å². The molecule has 0 aliphatic carbocycles. The van der Waals surface area contributed by atoms with Gasteiger partial charge in [-0.05, 0) is 36.1 Å². The Kier molecular flexibility index (Phi) is 7.35. The average Bonchev–Trinajstić information content (AvgIpc) is 3.43. The maximum absolute atomic E-state index is 13.2. The number of aryl methyl sites for hydroxylation is 1. The Morgan fingerprint density at radius 1 is 0.976 bits per heavy atom. The van der Waals surface area contributed by atoms with Crippen LogP contribution in [0.25, 0.3) is 16.5 Å². The fraction of sp³-hybridized carbons (Fsp3) is 0.300. The number of aromatic nitrogens is 2. The number of amides is 3. The first-order valence-corrected chi connectivity index (χ1v) is 15.1. The minimum atomic E-state index is -3.42. The Hall–Kier alpha value is -4.22. The summed E-state index contributed by atoms with van der Waals surface area (Å²) in [4.78, 5) is 26.3. The number of carbonyl (C=O) groups excluding carboxylic acids is 2. The average molecular weight is 576 g/mol. The molecule has 10 nitrogen and oxygen atoms in total. The molecule has 5 rings (SSSR count). The van der Waals surface area contributed by atoms with Gasteiger partial charge in [0.15, 0.2) is 9.84 Å². The van der Waals surface area contributed by atoms with Crippen molar-refractivity contribution in [2.75, 3.05) is 22.1 Å². The van der Waals surface area contributed by atoms with E-state index in [0.29, 0.717) is 28.3 Å². The molecule has 2 heterocycles. The molecule has 1 fully saturated rings. The topological polar surface area (TPSA) is 142 Å². The van der Waals surface area contributed by atoms with E-state index in [-0.39, 0.29) is 16.9 Å². The molecule has 0 bridgehead atoms. The smallest absolute Gasteiger partial charge is 0.324 e. The van der Waals surface area contributed by atoms with Crippen LogP contribution in [0.3, 0.4) is 0 Å². The summed E-state index contributed by atoms with van der Waals surface area (Å²) < 4.78 is 25.4. The highest BCUT2D eigenvalue weighted by Gasteiger charge is 2.37. The van der Waals surface area contributed by atoms with Gasteiger partial charge in [-0.3, -0.25) is 10.1 Å². The van der Waals surface area contributed by atoms with Gasteiger partial charge in [0.25, 0.3) is 5.91 Å². The SMILES string of the molecule is Cc1ccc(-n2nc(C(C)(C)C)cc2NC(=O)Nc2cccc3ccccc23)cc1C(=O)N[C@@H]1CS(=O)(=O)C[C@H]1O. The molecule has 4 aromatic rings. The molecular formula is C30H33N5O5S. The lowest BCUT2D eigenvalue weighted by molar-refractivity contribution is 0.0888. The van der Waals surface area contributed by atoms with Crippen LogP contribution in [-0.4, -0.2) is 58.9 Å². The second-order valence-electron chi connectivity index (χ2n) is 11.4. The quantitative estimate of drug-likeness (QED) is 0.282. The first kappa shape index (κ1) is 28.3. The van der Waals surface area contributed by atoms with Crippen molar-refractivity contribution in [2.45, 2.75) is 45.3 Å². The molecule has 0 unspecified atom stereocenters. The fourth-order valence-corrected chi connectivity index (χ4v) is 6.58. The molecular weight excluding hydrogens is 542 g/mol. The number of carbonyl (C=O) groups is 2. The van der Waals surface area contributed by atoms with Crippen molar-refractivity contribution in [1.82, 2.24) is 15.1 Å². The summed E-state index contributed by atoms with van der Waals surface area (Å²) in [6.45, 7) is 7.79. The minimum absolute atomic E-state index is 0.304. The van der Waals surface area contributed by atoms with E-state index in [1.54, 1.807) is 35.9 Å². The third-order valence-electron chi connectivity index (χ3n) is 7.11. The third kappa shape index (κ3) is 6.10. The van der Waals surface area contributed by atoms with Gasteiger partial charge in [-0.1, -0.05) is 63.2 Å². The Morgan fingerprint density at radius 3 is 2.41 bits per heavy atom. The number of anilines is 2. The first-order valence-electron chi connectivity index (χ1n) is 13.3. The number of nitrogens with one attached hydrogen (secondary N) is 3. The van der Waals surface area contributed by atoms with Gasteiger partial charge in [-0.15, -0.1) is 0 Å². The summed E-state index contributed by atoms with van der Waals surface area (Å²) in [6, 6.07) is 19.1. The molecule has 0 saturated carbocycles. The van der Waals surface area contributed by atoms with E-state index in [9.17, 15) is 23.1 Å². The van der Waals surface area contributed by atoms with Crippen LogP contribution in [0.15, 0.2) is 66.7 Å². The lowest BCUT2D eigenvalue weighted by Crippen LogP contribution is -2.42. The molecule has 214 valence electrons. The molecule has 1 aliphatic rings. The molecule has 2 atom stereocenters. The lowest BCUT2D eigenvalue weighted by Gasteiger charge is -2.17. The predicted octanol–water partition coefficient (Wildman–Crippen LogP) is 4.16. The van der Waals surface area contributed by atoms with E-state index < -0.39 is 33.9 Å². The summed E-state index contributed by atoms with van der Waals surface area (Å²) >= 11 is 0. The van der Waals surface area contributed by atoms with Gasteiger partial charge in [-0.25, -0.2) is 17.9 Å². The zero-order valence-electron chi connectivity index (χ0n) is 23.3. The normalized spacial score (nSPS) is 18.3. The highest BCUT2D eigenvalue weighted by molar-refractivity contribution is 7.91. The van der Waals surface area contributed by atoms with Crippen molar-refractivity contribution >= 4 is 44.1 Å². The number of nitrogens with zero attached hydrogens (tertiary/aromatic N) is 2. The van der Waals surface area contributed by atoms with Crippen LogP contribution in [0.2, 0.25) is 0 Å². The Labute approximate surface area is 238 Å². The number of aliphatic hydroxyl groups excluding tert-OH is 1. The van der Waals surface area contributed by atoms with Crippen molar-refractivity contribution in [3.63, 3.8) is 0 Å². The number of sulfone groups is 1. The van der Waals surface area contributed by atoms with E-state index in [0.717, 1.165) is 16.5 Å². The molecule has 4 N–H and O–H groups in total. The van der Waals surface area contributed by atoms with Crippen LogP contribution >= 0.6 is 0 Å². The zero-order chi connectivity index (χ0) is 29.5. The number of benzene rings is 3. The minimum Gasteiger partial charge on any atom is -0.390 e. The highest BCUT2D eigenvalue weighted by atomic mass is 32.2. The Bertz CT molecular complexity index is 1750. The van der Waals surface area contributed by atoms with Crippen LogP contribution in [0.5, 0.6) is 0 Å². The molecule has 1 aromatic heterocycles. The van der Waals surface area contributed by atoms with Gasteiger partial charge in [0, 0.05) is 22.4 Å². The summed E-state index contributed by atoms with van der Waals surface area (Å²) in [5, 5.41) is 25.3. The van der Waals surface area contributed by atoms with Crippen molar-refractivity contribution in [1.29, 1.82) is 0 Å². The second-order valence-corrected chi connectivity index (χ2v) is 13.6. The number of aliphatic hydroxyl groups is 1. The van der Waals surface area contributed by atoms with Gasteiger partial charge in [0.1, 0.15) is 5.82 Å². The molecule has 3 amide bonds. The molecule has 1 aliphatic heterocycles. The summed E-state index contributed by atoms with van der Waals surface area (Å²) in [7, 11) is -3.42. The third-order valence-corrected chi connectivity index (χ3v) is 8.82. The number of hydrogen-bond donors (Lipinski definition) is 4. The van der Waals surface area contributed by atoms with Crippen LogP contribution in [-0.2, 0) is 15.3 Å². The number of urea groups is 1. The van der Waals surface area contributed by atoms with Crippen LogP contribution in [0, 0.1) is 6.92 Å². The van der Waals surface area contributed by atoms with Crippen molar-refractivity contribution in [3.05, 3.63) is 83.6 Å². The van der Waals surface area contributed by atoms with E-state index >= 15 is 0 Å². The van der Waals surface area contributed by atoms with Crippen molar-refractivity contribution in [3.8, 4) is 5.69 Å². The second kappa shape index (κ2) is 10.6. The number of fused-ring (bicyclic) bond motifs is 1. The molecule has 11 heteroatoms. The number of rotatable bonds is 5. The van der Waals surface area contributed by atoms with E-state index in [2.05, 4.69) is 16.0 Å². The van der Waals surface area contributed by atoms with E-state index in [1.807, 2.05) is 63.2 Å². The monoisotopic (exact) mass is 575 g/mol. The van der Waals surface area contributed by atoms with Gasteiger partial charge in [-0.2, -0.15) is 5.10 Å². The fourth-order valence-electron chi connectivity index (χ4n) is 4.84. The van der Waals surface area contributed by atoms with E-state index in [1.165, 1.54) is 0 Å². The largest absolute Gasteiger partial charge is 0.390 e. The van der Waals surface area contributed by atoms with E-state index in [4.69, 9.17) is 5.10 Å². The molecule has 0 spiro atoms. The lowest BCUT2D eigenvalue weighted by atomic mass is 9.92.